The second-order valence-electron chi connectivity index (χ2n) is 13.3. The first-order valence-electron chi connectivity index (χ1n) is 17.2. The number of hydrogen-bond acceptors (Lipinski definition) is 8. The van der Waals surface area contributed by atoms with E-state index in [-0.39, 0.29) is 24.4 Å². The fourth-order valence-corrected chi connectivity index (χ4v) is 6.75. The van der Waals surface area contributed by atoms with E-state index < -0.39 is 30.1 Å². The van der Waals surface area contributed by atoms with E-state index in [0.29, 0.717) is 35.7 Å². The standard InChI is InChI=1S/C38H39FN8O5/c1-23(2)34(42-37(49)51-3)36(48)46-17-7-10-33(46)35-40-19-31(41-35)26-13-11-24(12-14-26)29-16-15-27(18-30(29)39)47-21-28(52-38(47)50)20-45-22-32(43-44-45)25-8-5-4-6-9-25/h4-6,8-9,11-16,18-19,22-23,28,33-34H,7,10,17,20-21H2,1-3H3,(H,40,41)(H,42,49)/t28-,33-,34-/m0/s1. The van der Waals surface area contributed by atoms with Gasteiger partial charge in [0.2, 0.25) is 5.91 Å². The minimum absolute atomic E-state index is 0.130. The number of likely N-dealkylation sites (tertiary alicyclic amines) is 1. The van der Waals surface area contributed by atoms with Gasteiger partial charge in [0.15, 0.2) is 0 Å². The quantitative estimate of drug-likeness (QED) is 0.174. The number of H-pyrrole nitrogens is 1. The van der Waals surface area contributed by atoms with Crippen molar-refractivity contribution in [2.75, 3.05) is 25.1 Å². The lowest BCUT2D eigenvalue weighted by atomic mass is 10.0. The number of nitrogens with one attached hydrogen (secondary N) is 2. The van der Waals surface area contributed by atoms with Crippen molar-refractivity contribution in [1.82, 2.24) is 35.2 Å². The molecule has 0 radical (unpaired) electrons. The zero-order valence-electron chi connectivity index (χ0n) is 29.0. The van der Waals surface area contributed by atoms with Crippen LogP contribution in [0, 0.1) is 11.7 Å². The summed E-state index contributed by atoms with van der Waals surface area (Å²) in [5, 5.41) is 11.1. The SMILES string of the molecule is COC(=O)N[C@H](C(=O)N1CCC[C@H]1c1ncc(-c2ccc(-c3ccc(N4C[C@H](Cn5cc(-c6ccccc6)nn5)OC4=O)cc3F)cc2)[nH]1)C(C)C. The number of carbonyl (C=O) groups is 3. The number of halogens is 1. The number of hydrogen-bond donors (Lipinski definition) is 2. The summed E-state index contributed by atoms with van der Waals surface area (Å²) in [4.78, 5) is 49.3. The van der Waals surface area contributed by atoms with Crippen LogP contribution in [-0.4, -0.2) is 80.3 Å². The number of amides is 3. The van der Waals surface area contributed by atoms with Crippen molar-refractivity contribution in [3.63, 3.8) is 0 Å². The molecule has 13 nitrogen and oxygen atoms in total. The van der Waals surface area contributed by atoms with E-state index in [9.17, 15) is 14.4 Å². The van der Waals surface area contributed by atoms with Crippen LogP contribution < -0.4 is 10.2 Å². The molecule has 2 fully saturated rings. The van der Waals surface area contributed by atoms with Crippen LogP contribution in [0.15, 0.2) is 85.2 Å². The molecule has 0 aliphatic carbocycles. The molecule has 4 heterocycles. The number of anilines is 1. The first-order chi connectivity index (χ1) is 25.2. The number of ether oxygens (including phenoxy) is 2. The van der Waals surface area contributed by atoms with Crippen LogP contribution in [0.4, 0.5) is 19.7 Å². The monoisotopic (exact) mass is 706 g/mol. The zero-order valence-corrected chi connectivity index (χ0v) is 29.0. The van der Waals surface area contributed by atoms with Crippen molar-refractivity contribution in [1.29, 1.82) is 0 Å². The van der Waals surface area contributed by atoms with E-state index in [0.717, 1.165) is 35.4 Å². The topological polar surface area (TPSA) is 148 Å². The molecule has 0 bridgehead atoms. The summed E-state index contributed by atoms with van der Waals surface area (Å²) >= 11 is 0. The lowest BCUT2D eigenvalue weighted by Crippen LogP contribution is -2.51. The third-order valence-electron chi connectivity index (χ3n) is 9.48. The number of carbonyl (C=O) groups excluding carboxylic acids is 3. The average Bonchev–Trinajstić information content (AvgIpc) is 3.98. The largest absolute Gasteiger partial charge is 0.453 e. The Bertz CT molecular complexity index is 2060. The Hall–Kier alpha value is -6.05. The molecule has 3 aromatic carbocycles. The van der Waals surface area contributed by atoms with Crippen molar-refractivity contribution < 1.29 is 28.2 Å². The fourth-order valence-electron chi connectivity index (χ4n) is 6.75. The Labute approximate surface area is 299 Å². The molecule has 0 spiro atoms. The van der Waals surface area contributed by atoms with Crippen LogP contribution in [0.25, 0.3) is 33.6 Å². The molecule has 3 amide bonds. The first kappa shape index (κ1) is 34.4. The number of nitrogens with zero attached hydrogens (tertiary/aromatic N) is 6. The minimum atomic E-state index is -0.717. The molecule has 5 aromatic rings. The highest BCUT2D eigenvalue weighted by atomic mass is 19.1. The molecule has 2 aliphatic rings. The minimum Gasteiger partial charge on any atom is -0.453 e. The second-order valence-corrected chi connectivity index (χ2v) is 13.3. The lowest BCUT2D eigenvalue weighted by Gasteiger charge is -2.30. The van der Waals surface area contributed by atoms with Crippen molar-refractivity contribution in [3.8, 4) is 33.6 Å². The molecule has 3 atom stereocenters. The summed E-state index contributed by atoms with van der Waals surface area (Å²) in [7, 11) is 1.27. The van der Waals surface area contributed by atoms with E-state index in [1.54, 1.807) is 34.1 Å². The maximum atomic E-state index is 15.5. The molecule has 7 rings (SSSR count). The predicted molar refractivity (Wildman–Crippen MR) is 190 cm³/mol. The maximum Gasteiger partial charge on any atom is 0.414 e. The van der Waals surface area contributed by atoms with Gasteiger partial charge in [0, 0.05) is 17.7 Å². The molecule has 2 N–H and O–H groups in total. The Balaban J connectivity index is 0.997. The van der Waals surface area contributed by atoms with Gasteiger partial charge in [0.25, 0.3) is 0 Å². The number of aromatic amines is 1. The van der Waals surface area contributed by atoms with Crippen LogP contribution in [0.2, 0.25) is 0 Å². The van der Waals surface area contributed by atoms with E-state index in [4.69, 9.17) is 9.47 Å². The van der Waals surface area contributed by atoms with Crippen LogP contribution in [0.3, 0.4) is 0 Å². The Kier molecular flexibility index (Phi) is 9.70. The smallest absolute Gasteiger partial charge is 0.414 e. The third-order valence-corrected chi connectivity index (χ3v) is 9.48. The Morgan fingerprint density at radius 1 is 1.06 bits per heavy atom. The molecule has 268 valence electrons. The molecular formula is C38H39FN8O5. The highest BCUT2D eigenvalue weighted by Crippen LogP contribution is 2.34. The van der Waals surface area contributed by atoms with Crippen LogP contribution in [-0.2, 0) is 20.8 Å². The van der Waals surface area contributed by atoms with Gasteiger partial charge in [0.05, 0.1) is 50.0 Å². The van der Waals surface area contributed by atoms with Gasteiger partial charge in [-0.1, -0.05) is 73.7 Å². The van der Waals surface area contributed by atoms with Crippen molar-refractivity contribution in [2.24, 2.45) is 5.92 Å². The normalized spacial score (nSPS) is 17.8. The Morgan fingerprint density at radius 3 is 2.56 bits per heavy atom. The van der Waals surface area contributed by atoms with Crippen LogP contribution in [0.5, 0.6) is 0 Å². The number of methoxy groups -OCH3 is 1. The lowest BCUT2D eigenvalue weighted by molar-refractivity contribution is -0.135. The molecule has 2 saturated heterocycles. The van der Waals surface area contributed by atoms with Crippen molar-refractivity contribution in [3.05, 3.63) is 96.8 Å². The summed E-state index contributed by atoms with van der Waals surface area (Å²) < 4.78 is 27.5. The Morgan fingerprint density at radius 2 is 1.83 bits per heavy atom. The molecule has 0 saturated carbocycles. The summed E-state index contributed by atoms with van der Waals surface area (Å²) in [5.41, 5.74) is 4.72. The molecule has 14 heteroatoms. The molecule has 52 heavy (non-hydrogen) atoms. The van der Waals surface area contributed by atoms with Crippen LogP contribution in [0.1, 0.15) is 38.6 Å². The summed E-state index contributed by atoms with van der Waals surface area (Å²) in [5.74, 6) is -0.118. The highest BCUT2D eigenvalue weighted by Gasteiger charge is 2.38. The molecule has 2 aromatic heterocycles. The average molecular weight is 707 g/mol. The van der Waals surface area contributed by atoms with E-state index >= 15 is 4.39 Å². The first-order valence-corrected chi connectivity index (χ1v) is 17.2. The third kappa shape index (κ3) is 7.09. The van der Waals surface area contributed by atoms with Gasteiger partial charge >= 0.3 is 12.2 Å². The second kappa shape index (κ2) is 14.7. The summed E-state index contributed by atoms with van der Waals surface area (Å²) in [6, 6.07) is 20.8. The summed E-state index contributed by atoms with van der Waals surface area (Å²) in [6.07, 6.45) is 3.40. The molecular weight excluding hydrogens is 667 g/mol. The number of alkyl carbamates (subject to hydrolysis) is 1. The number of rotatable bonds is 10. The fraction of sp³-hybridized carbons (Fsp3) is 0.316. The number of aromatic nitrogens is 5. The van der Waals surface area contributed by atoms with Gasteiger partial charge in [-0.2, -0.15) is 0 Å². The van der Waals surface area contributed by atoms with Gasteiger partial charge in [-0.15, -0.1) is 5.10 Å². The maximum absolute atomic E-state index is 15.5. The molecule has 0 unspecified atom stereocenters. The highest BCUT2D eigenvalue weighted by molar-refractivity contribution is 5.90. The van der Waals surface area contributed by atoms with Gasteiger partial charge in [-0.25, -0.2) is 23.6 Å². The zero-order chi connectivity index (χ0) is 36.4. The van der Waals surface area contributed by atoms with E-state index in [1.807, 2.05) is 68.4 Å². The number of benzene rings is 3. The summed E-state index contributed by atoms with van der Waals surface area (Å²) in [6.45, 7) is 4.87. The van der Waals surface area contributed by atoms with Crippen molar-refractivity contribution in [2.45, 2.75) is 51.4 Å². The number of imidazole rings is 1. The van der Waals surface area contributed by atoms with E-state index in [2.05, 4.69) is 25.6 Å². The van der Waals surface area contributed by atoms with Crippen molar-refractivity contribution >= 4 is 23.8 Å². The van der Waals surface area contributed by atoms with Crippen LogP contribution >= 0.6 is 0 Å². The predicted octanol–water partition coefficient (Wildman–Crippen LogP) is 6.21. The number of cyclic esters (lactones) is 1. The molecule has 2 aliphatic heterocycles. The van der Waals surface area contributed by atoms with Gasteiger partial charge in [-0.3, -0.25) is 9.69 Å². The van der Waals surface area contributed by atoms with E-state index in [1.165, 1.54) is 18.1 Å². The van der Waals surface area contributed by atoms with Gasteiger partial charge in [-0.05, 0) is 48.1 Å². The van der Waals surface area contributed by atoms with Gasteiger partial charge < -0.3 is 24.7 Å². The van der Waals surface area contributed by atoms with Gasteiger partial charge in [0.1, 0.15) is 29.5 Å².